The van der Waals surface area contributed by atoms with E-state index in [1.807, 2.05) is 19.9 Å². The van der Waals surface area contributed by atoms with Crippen molar-refractivity contribution in [3.05, 3.63) is 22.3 Å². The van der Waals surface area contributed by atoms with Crippen LogP contribution < -0.4 is 5.32 Å². The topological polar surface area (TPSA) is 62.2 Å². The molecular formula is C11H13BrN2O2. The average Bonchev–Trinajstić information content (AvgIpc) is 2.24. The third-order valence-corrected chi connectivity index (χ3v) is 3.55. The number of carbonyl (C=O) groups is 1. The molecule has 0 aliphatic carbocycles. The van der Waals surface area contributed by atoms with E-state index < -0.39 is 17.6 Å². The highest BCUT2D eigenvalue weighted by atomic mass is 79.9. The minimum absolute atomic E-state index is 0.427. The number of fused-ring (bicyclic) bond motifs is 1. The molecule has 2 N–H and O–H groups in total. The van der Waals surface area contributed by atoms with E-state index in [9.17, 15) is 9.90 Å². The summed E-state index contributed by atoms with van der Waals surface area (Å²) in [5, 5.41) is 13.3. The van der Waals surface area contributed by atoms with Gasteiger partial charge < -0.3 is 15.2 Å². The van der Waals surface area contributed by atoms with Gasteiger partial charge in [0.25, 0.3) is 0 Å². The lowest BCUT2D eigenvalue weighted by molar-refractivity contribution is -0.112. The summed E-state index contributed by atoms with van der Waals surface area (Å²) in [5.74, 6) is 0.576. The van der Waals surface area contributed by atoms with Crippen molar-refractivity contribution in [1.82, 2.24) is 4.98 Å². The van der Waals surface area contributed by atoms with Crippen molar-refractivity contribution in [2.45, 2.75) is 26.0 Å². The van der Waals surface area contributed by atoms with Crippen LogP contribution in [0.2, 0.25) is 0 Å². The first-order chi connectivity index (χ1) is 7.46. The number of aromatic nitrogens is 1. The molecule has 0 amide bonds. The van der Waals surface area contributed by atoms with Crippen LogP contribution in [0, 0.1) is 5.41 Å². The molecule has 2 heterocycles. The monoisotopic (exact) mass is 284 g/mol. The average molecular weight is 285 g/mol. The number of hydrogen-bond donors (Lipinski definition) is 2. The number of nitrogens with one attached hydrogen (secondary N) is 1. The molecule has 1 aliphatic heterocycles. The lowest BCUT2D eigenvalue weighted by atomic mass is 9.74. The highest BCUT2D eigenvalue weighted by Gasteiger charge is 2.42. The molecule has 0 saturated carbocycles. The van der Waals surface area contributed by atoms with E-state index >= 15 is 0 Å². The van der Waals surface area contributed by atoms with Crippen LogP contribution in [0.1, 0.15) is 25.5 Å². The summed E-state index contributed by atoms with van der Waals surface area (Å²) in [6.45, 7) is 3.71. The summed E-state index contributed by atoms with van der Waals surface area (Å²) in [7, 11) is 0. The Hall–Kier alpha value is -0.940. The van der Waals surface area contributed by atoms with E-state index in [2.05, 4.69) is 26.2 Å². The Morgan fingerprint density at radius 2 is 2.31 bits per heavy atom. The van der Waals surface area contributed by atoms with Gasteiger partial charge in [0.2, 0.25) is 0 Å². The van der Waals surface area contributed by atoms with Crippen molar-refractivity contribution in [2.75, 3.05) is 5.32 Å². The van der Waals surface area contributed by atoms with Crippen LogP contribution >= 0.6 is 15.9 Å². The van der Waals surface area contributed by atoms with Crippen molar-refractivity contribution in [3.8, 4) is 0 Å². The second-order valence-corrected chi connectivity index (χ2v) is 5.49. The molecule has 2 unspecified atom stereocenters. The molecule has 0 radical (unpaired) electrons. The molecule has 0 aromatic carbocycles. The molecule has 0 saturated heterocycles. The zero-order valence-electron chi connectivity index (χ0n) is 9.07. The van der Waals surface area contributed by atoms with Crippen molar-refractivity contribution >= 4 is 28.0 Å². The van der Waals surface area contributed by atoms with Gasteiger partial charge in [-0.15, -0.1) is 0 Å². The van der Waals surface area contributed by atoms with Gasteiger partial charge in [-0.05, 0) is 22.0 Å². The molecule has 16 heavy (non-hydrogen) atoms. The summed E-state index contributed by atoms with van der Waals surface area (Å²) in [6.07, 6.45) is 1.75. The number of hydrogen-bond acceptors (Lipinski definition) is 4. The molecule has 86 valence electrons. The zero-order valence-corrected chi connectivity index (χ0v) is 10.7. The SMILES string of the molecule is CC1(C)C(C=O)Nc2ncc(Br)cc2C1O. The van der Waals surface area contributed by atoms with Crippen LogP contribution in [-0.4, -0.2) is 22.4 Å². The predicted molar refractivity (Wildman–Crippen MR) is 64.2 cm³/mol. The van der Waals surface area contributed by atoms with E-state index in [1.54, 1.807) is 6.20 Å². The Morgan fingerprint density at radius 1 is 1.62 bits per heavy atom. The molecule has 0 bridgehead atoms. The van der Waals surface area contributed by atoms with E-state index in [4.69, 9.17) is 0 Å². The van der Waals surface area contributed by atoms with Gasteiger partial charge >= 0.3 is 0 Å². The lowest BCUT2D eigenvalue weighted by Crippen LogP contribution is -2.46. The number of anilines is 1. The van der Waals surface area contributed by atoms with Gasteiger partial charge in [-0.25, -0.2) is 4.98 Å². The van der Waals surface area contributed by atoms with Gasteiger partial charge in [0.1, 0.15) is 12.1 Å². The van der Waals surface area contributed by atoms with Crippen LogP contribution in [0.3, 0.4) is 0 Å². The third kappa shape index (κ3) is 1.64. The zero-order chi connectivity index (χ0) is 11.9. The highest BCUT2D eigenvalue weighted by molar-refractivity contribution is 9.10. The number of aliphatic hydroxyl groups is 1. The molecule has 2 rings (SSSR count). The second kappa shape index (κ2) is 3.82. The molecule has 1 aliphatic rings. The molecule has 5 heteroatoms. The third-order valence-electron chi connectivity index (χ3n) is 3.11. The molecule has 4 nitrogen and oxygen atoms in total. The minimum atomic E-state index is -0.705. The fraction of sp³-hybridized carbons (Fsp3) is 0.455. The van der Waals surface area contributed by atoms with Gasteiger partial charge in [0.15, 0.2) is 0 Å². The summed E-state index contributed by atoms with van der Waals surface area (Å²) in [5.41, 5.74) is 0.175. The Labute approximate surface area is 102 Å². The smallest absolute Gasteiger partial charge is 0.142 e. The van der Waals surface area contributed by atoms with Crippen molar-refractivity contribution in [1.29, 1.82) is 0 Å². The number of aldehydes is 1. The van der Waals surface area contributed by atoms with Gasteiger partial charge in [-0.1, -0.05) is 13.8 Å². The minimum Gasteiger partial charge on any atom is -0.388 e. The Bertz CT molecular complexity index is 434. The number of rotatable bonds is 1. The van der Waals surface area contributed by atoms with E-state index in [1.165, 1.54) is 0 Å². The maximum absolute atomic E-state index is 11.0. The number of aliphatic hydroxyl groups excluding tert-OH is 1. The molecule has 1 aromatic rings. The maximum atomic E-state index is 11.0. The van der Waals surface area contributed by atoms with Crippen LogP contribution in [0.25, 0.3) is 0 Å². The molecule has 1 aromatic heterocycles. The van der Waals surface area contributed by atoms with E-state index in [0.717, 1.165) is 16.3 Å². The van der Waals surface area contributed by atoms with Crippen LogP contribution in [-0.2, 0) is 4.79 Å². The second-order valence-electron chi connectivity index (χ2n) is 4.57. The number of pyridine rings is 1. The number of carbonyl (C=O) groups excluding carboxylic acids is 1. The lowest BCUT2D eigenvalue weighted by Gasteiger charge is -2.41. The molecule has 0 spiro atoms. The quantitative estimate of drug-likeness (QED) is 0.774. The molecule has 2 atom stereocenters. The van der Waals surface area contributed by atoms with Crippen molar-refractivity contribution in [3.63, 3.8) is 0 Å². The van der Waals surface area contributed by atoms with E-state index in [-0.39, 0.29) is 0 Å². The first-order valence-corrected chi connectivity index (χ1v) is 5.81. The Balaban J connectivity index is 2.53. The fourth-order valence-corrected chi connectivity index (χ4v) is 2.25. The summed E-state index contributed by atoms with van der Waals surface area (Å²) < 4.78 is 0.812. The first-order valence-electron chi connectivity index (χ1n) is 5.02. The fourth-order valence-electron chi connectivity index (χ4n) is 1.90. The van der Waals surface area contributed by atoms with Crippen molar-refractivity contribution in [2.24, 2.45) is 5.41 Å². The van der Waals surface area contributed by atoms with Crippen molar-refractivity contribution < 1.29 is 9.90 Å². The Kier molecular flexibility index (Phi) is 2.75. The summed E-state index contributed by atoms with van der Waals surface area (Å²) >= 11 is 3.32. The Morgan fingerprint density at radius 3 is 2.94 bits per heavy atom. The van der Waals surface area contributed by atoms with Gasteiger partial charge in [-0.3, -0.25) is 0 Å². The van der Waals surface area contributed by atoms with Crippen LogP contribution in [0.15, 0.2) is 16.7 Å². The largest absolute Gasteiger partial charge is 0.388 e. The predicted octanol–water partition coefficient (Wildman–Crippen LogP) is 1.90. The molecule has 0 fully saturated rings. The standard InChI is InChI=1S/C11H13BrN2O2/c1-11(2)8(5-15)14-10-7(9(11)16)3-6(12)4-13-10/h3-5,8-9,16H,1-2H3,(H,13,14). The highest BCUT2D eigenvalue weighted by Crippen LogP contribution is 2.44. The first kappa shape index (κ1) is 11.5. The van der Waals surface area contributed by atoms with Gasteiger partial charge in [0.05, 0.1) is 12.1 Å². The normalized spacial score (nSPS) is 26.8. The van der Waals surface area contributed by atoms with Crippen LogP contribution in [0.4, 0.5) is 5.82 Å². The van der Waals surface area contributed by atoms with Crippen LogP contribution in [0.5, 0.6) is 0 Å². The molecular weight excluding hydrogens is 272 g/mol. The van der Waals surface area contributed by atoms with E-state index in [0.29, 0.717) is 5.82 Å². The van der Waals surface area contributed by atoms with Gasteiger partial charge in [-0.2, -0.15) is 0 Å². The summed E-state index contributed by atoms with van der Waals surface area (Å²) in [6, 6.07) is 1.40. The maximum Gasteiger partial charge on any atom is 0.142 e. The number of nitrogens with zero attached hydrogens (tertiary/aromatic N) is 1. The number of halogens is 1. The van der Waals surface area contributed by atoms with Gasteiger partial charge in [0, 0.05) is 21.6 Å². The summed E-state index contributed by atoms with van der Waals surface area (Å²) in [4.78, 5) is 15.1.